The molecular formula is C13H22N4. The Labute approximate surface area is 104 Å². The van der Waals surface area contributed by atoms with Gasteiger partial charge in [0.2, 0.25) is 0 Å². The van der Waals surface area contributed by atoms with E-state index in [1.54, 1.807) is 0 Å². The molecule has 4 heteroatoms. The second-order valence-electron chi connectivity index (χ2n) is 4.63. The van der Waals surface area contributed by atoms with E-state index in [1.165, 1.54) is 0 Å². The number of likely N-dealkylation sites (N-methyl/N-ethyl adjacent to an activating group) is 1. The zero-order valence-electron chi connectivity index (χ0n) is 11.0. The average Bonchev–Trinajstić information content (AvgIpc) is 2.30. The number of hydrogen-bond donors (Lipinski definition) is 1. The van der Waals surface area contributed by atoms with Crippen molar-refractivity contribution in [2.75, 3.05) is 33.2 Å². The first kappa shape index (κ1) is 13.8. The van der Waals surface area contributed by atoms with Gasteiger partial charge in [-0.15, -0.1) is 0 Å². The normalized spacial score (nSPS) is 21.2. The zero-order valence-corrected chi connectivity index (χ0v) is 11.0. The van der Waals surface area contributed by atoms with Crippen LogP contribution in [0.25, 0.3) is 0 Å². The van der Waals surface area contributed by atoms with Gasteiger partial charge in [-0.2, -0.15) is 5.26 Å². The van der Waals surface area contributed by atoms with Crippen LogP contribution in [0.2, 0.25) is 0 Å². The summed E-state index contributed by atoms with van der Waals surface area (Å²) < 4.78 is 0. The average molecular weight is 234 g/mol. The lowest BCUT2D eigenvalue weighted by atomic mass is 10.1. The van der Waals surface area contributed by atoms with Gasteiger partial charge in [-0.25, -0.2) is 0 Å². The fourth-order valence-electron chi connectivity index (χ4n) is 1.82. The largest absolute Gasteiger partial charge is 0.368 e. The van der Waals surface area contributed by atoms with Crippen molar-refractivity contribution in [3.63, 3.8) is 0 Å². The third-order valence-corrected chi connectivity index (χ3v) is 2.95. The summed E-state index contributed by atoms with van der Waals surface area (Å²) in [6, 6.07) is 2.25. The molecule has 0 radical (unpaired) electrons. The van der Waals surface area contributed by atoms with Gasteiger partial charge in [0.15, 0.2) is 0 Å². The first-order valence-corrected chi connectivity index (χ1v) is 6.03. The maximum Gasteiger partial charge on any atom is 0.0965 e. The van der Waals surface area contributed by atoms with Crippen molar-refractivity contribution in [1.29, 1.82) is 5.26 Å². The molecule has 4 nitrogen and oxygen atoms in total. The summed E-state index contributed by atoms with van der Waals surface area (Å²) >= 11 is 0. The number of nitrogens with zero attached hydrogens (tertiary/aromatic N) is 3. The zero-order chi connectivity index (χ0) is 12.8. The molecule has 0 amide bonds. The molecule has 0 saturated carbocycles. The quantitative estimate of drug-likeness (QED) is 0.583. The van der Waals surface area contributed by atoms with Gasteiger partial charge in [-0.3, -0.25) is 0 Å². The number of nitriles is 1. The van der Waals surface area contributed by atoms with Crippen LogP contribution in [0, 0.1) is 11.3 Å². The van der Waals surface area contributed by atoms with Crippen LogP contribution in [-0.2, 0) is 0 Å². The summed E-state index contributed by atoms with van der Waals surface area (Å²) in [5.41, 5.74) is 7.48. The molecule has 1 fully saturated rings. The van der Waals surface area contributed by atoms with Crippen molar-refractivity contribution < 1.29 is 0 Å². The molecular weight excluding hydrogens is 212 g/mol. The number of nitrogens with two attached hydrogens (primary N) is 1. The van der Waals surface area contributed by atoms with Gasteiger partial charge < -0.3 is 15.5 Å². The van der Waals surface area contributed by atoms with E-state index in [0.717, 1.165) is 37.4 Å². The minimum absolute atomic E-state index is 0.0176. The highest BCUT2D eigenvalue weighted by Gasteiger charge is 2.16. The van der Waals surface area contributed by atoms with Gasteiger partial charge >= 0.3 is 0 Å². The number of hydrogen-bond acceptors (Lipinski definition) is 4. The standard InChI is InChI=1S/C13H22N4/c1-11(10-14)13(5-4-12(2)15)17-8-6-16(3)7-9-17/h4-5,12H,6-9,15H2,1-3H3/b5-4-,13-11-. The highest BCUT2D eigenvalue weighted by molar-refractivity contribution is 5.33. The van der Waals surface area contributed by atoms with E-state index in [2.05, 4.69) is 22.9 Å². The molecule has 2 N–H and O–H groups in total. The van der Waals surface area contributed by atoms with Crippen molar-refractivity contribution in [2.45, 2.75) is 19.9 Å². The second kappa shape index (κ2) is 6.43. The minimum atomic E-state index is 0.0176. The summed E-state index contributed by atoms with van der Waals surface area (Å²) in [7, 11) is 2.12. The molecule has 1 saturated heterocycles. The van der Waals surface area contributed by atoms with Crippen LogP contribution in [0.15, 0.2) is 23.4 Å². The molecule has 1 rings (SSSR count). The highest BCUT2D eigenvalue weighted by Crippen LogP contribution is 2.14. The Morgan fingerprint density at radius 3 is 2.41 bits per heavy atom. The molecule has 1 aliphatic rings. The monoisotopic (exact) mass is 234 g/mol. The van der Waals surface area contributed by atoms with Crippen LogP contribution in [0.1, 0.15) is 13.8 Å². The van der Waals surface area contributed by atoms with E-state index in [1.807, 2.05) is 26.0 Å². The predicted molar refractivity (Wildman–Crippen MR) is 70.2 cm³/mol. The summed E-state index contributed by atoms with van der Waals surface area (Å²) in [5, 5.41) is 9.04. The summed E-state index contributed by atoms with van der Waals surface area (Å²) in [4.78, 5) is 4.56. The lowest BCUT2D eigenvalue weighted by molar-refractivity contribution is 0.189. The van der Waals surface area contributed by atoms with Crippen LogP contribution in [0.4, 0.5) is 0 Å². The minimum Gasteiger partial charge on any atom is -0.368 e. The van der Waals surface area contributed by atoms with E-state index >= 15 is 0 Å². The van der Waals surface area contributed by atoms with Gasteiger partial charge in [-0.1, -0.05) is 6.08 Å². The van der Waals surface area contributed by atoms with Crippen LogP contribution < -0.4 is 5.73 Å². The Hall–Kier alpha value is -1.31. The fraction of sp³-hybridized carbons (Fsp3) is 0.615. The number of rotatable bonds is 3. The Balaban J connectivity index is 2.82. The van der Waals surface area contributed by atoms with Gasteiger partial charge in [0.1, 0.15) is 0 Å². The number of piperazine rings is 1. The predicted octanol–water partition coefficient (Wildman–Crippen LogP) is 0.935. The Kier molecular flexibility index (Phi) is 5.20. The van der Waals surface area contributed by atoms with Gasteiger partial charge in [0.25, 0.3) is 0 Å². The lowest BCUT2D eigenvalue weighted by Gasteiger charge is -2.35. The van der Waals surface area contributed by atoms with Crippen molar-refractivity contribution in [3.05, 3.63) is 23.4 Å². The molecule has 17 heavy (non-hydrogen) atoms. The van der Waals surface area contributed by atoms with Gasteiger partial charge in [-0.05, 0) is 27.0 Å². The molecule has 1 atom stereocenters. The van der Waals surface area contributed by atoms with Crippen molar-refractivity contribution in [2.24, 2.45) is 5.73 Å². The first-order chi connectivity index (χ1) is 8.04. The second-order valence-corrected chi connectivity index (χ2v) is 4.63. The fourth-order valence-corrected chi connectivity index (χ4v) is 1.82. The molecule has 1 heterocycles. The molecule has 94 valence electrons. The third-order valence-electron chi connectivity index (χ3n) is 2.95. The van der Waals surface area contributed by atoms with Crippen molar-refractivity contribution >= 4 is 0 Å². The SMILES string of the molecule is C/C(C#N)=C(\C=C/C(C)N)N1CCN(C)CC1. The topological polar surface area (TPSA) is 56.3 Å². The van der Waals surface area contributed by atoms with Crippen molar-refractivity contribution in [1.82, 2.24) is 9.80 Å². The van der Waals surface area contributed by atoms with Gasteiger partial charge in [0, 0.05) is 43.5 Å². The molecule has 0 aromatic carbocycles. The van der Waals surface area contributed by atoms with Crippen LogP contribution in [0.5, 0.6) is 0 Å². The lowest BCUT2D eigenvalue weighted by Crippen LogP contribution is -2.43. The van der Waals surface area contributed by atoms with E-state index < -0.39 is 0 Å². The molecule has 1 aliphatic heterocycles. The molecule has 0 aromatic rings. The van der Waals surface area contributed by atoms with Gasteiger partial charge in [0.05, 0.1) is 6.07 Å². The maximum absolute atomic E-state index is 9.04. The van der Waals surface area contributed by atoms with E-state index in [9.17, 15) is 0 Å². The first-order valence-electron chi connectivity index (χ1n) is 6.03. The molecule has 0 aliphatic carbocycles. The molecule has 1 unspecified atom stereocenters. The summed E-state index contributed by atoms with van der Waals surface area (Å²) in [6.45, 7) is 7.80. The Bertz CT molecular complexity index is 341. The molecule has 0 bridgehead atoms. The highest BCUT2D eigenvalue weighted by atomic mass is 15.2. The van der Waals surface area contributed by atoms with Crippen molar-refractivity contribution in [3.8, 4) is 6.07 Å². The van der Waals surface area contributed by atoms with Crippen LogP contribution >= 0.6 is 0 Å². The number of allylic oxidation sites excluding steroid dienone is 2. The molecule has 0 spiro atoms. The summed E-state index contributed by atoms with van der Waals surface area (Å²) in [6.07, 6.45) is 3.92. The Morgan fingerprint density at radius 1 is 1.35 bits per heavy atom. The maximum atomic E-state index is 9.04. The van der Waals surface area contributed by atoms with E-state index in [-0.39, 0.29) is 6.04 Å². The molecule has 0 aromatic heterocycles. The van der Waals surface area contributed by atoms with E-state index in [4.69, 9.17) is 11.0 Å². The van der Waals surface area contributed by atoms with Crippen LogP contribution in [-0.4, -0.2) is 49.1 Å². The smallest absolute Gasteiger partial charge is 0.0965 e. The van der Waals surface area contributed by atoms with E-state index in [0.29, 0.717) is 0 Å². The third kappa shape index (κ3) is 4.22. The summed E-state index contributed by atoms with van der Waals surface area (Å²) in [5.74, 6) is 0. The van der Waals surface area contributed by atoms with Crippen LogP contribution in [0.3, 0.4) is 0 Å². The Morgan fingerprint density at radius 2 is 1.94 bits per heavy atom.